The summed E-state index contributed by atoms with van der Waals surface area (Å²) in [6, 6.07) is 0.821. The van der Waals surface area contributed by atoms with Crippen LogP contribution in [0.3, 0.4) is 0 Å². The number of nitrogens with one attached hydrogen (secondary N) is 1. The molecule has 112 valence electrons. The van der Waals surface area contributed by atoms with E-state index in [2.05, 4.69) is 10.2 Å². The minimum atomic E-state index is -0.754. The average Bonchev–Trinajstić information content (AvgIpc) is 2.98. The Kier molecular flexibility index (Phi) is 3.96. The van der Waals surface area contributed by atoms with Crippen molar-refractivity contribution in [2.75, 3.05) is 19.6 Å². The van der Waals surface area contributed by atoms with Crippen molar-refractivity contribution >= 4 is 11.9 Å². The van der Waals surface area contributed by atoms with Gasteiger partial charge in [-0.1, -0.05) is 0 Å². The Hall–Kier alpha value is -1.10. The van der Waals surface area contributed by atoms with Crippen LogP contribution in [0.1, 0.15) is 38.5 Å². The number of amides is 1. The molecule has 0 aromatic rings. The molecule has 20 heavy (non-hydrogen) atoms. The van der Waals surface area contributed by atoms with Crippen molar-refractivity contribution in [3.05, 3.63) is 0 Å². The molecule has 0 aromatic carbocycles. The third kappa shape index (κ3) is 3.14. The zero-order valence-corrected chi connectivity index (χ0v) is 11.9. The predicted octanol–water partition coefficient (Wildman–Crippen LogP) is 1.09. The Morgan fingerprint density at radius 1 is 1.10 bits per heavy atom. The standard InChI is InChI=1S/C15H24N2O3/c18-14(11-1-2-12(7-11)15(19)20)16-8-10-5-6-17(9-10)13-3-4-13/h10-13H,1-9H2,(H,16,18)(H,19,20)/t10?,11-,12+/m1/s1. The highest BCUT2D eigenvalue weighted by atomic mass is 16.4. The van der Waals surface area contributed by atoms with E-state index >= 15 is 0 Å². The number of rotatable bonds is 5. The molecule has 2 saturated carbocycles. The van der Waals surface area contributed by atoms with E-state index in [0.29, 0.717) is 18.8 Å². The molecule has 3 fully saturated rings. The number of hydrogen-bond donors (Lipinski definition) is 2. The highest BCUT2D eigenvalue weighted by molar-refractivity contribution is 5.80. The van der Waals surface area contributed by atoms with Crippen LogP contribution < -0.4 is 5.32 Å². The summed E-state index contributed by atoms with van der Waals surface area (Å²) in [5.74, 6) is -0.509. The summed E-state index contributed by atoms with van der Waals surface area (Å²) in [7, 11) is 0. The quantitative estimate of drug-likeness (QED) is 0.791. The van der Waals surface area contributed by atoms with E-state index < -0.39 is 5.97 Å². The second-order valence-corrected chi connectivity index (χ2v) is 6.67. The highest BCUT2D eigenvalue weighted by Gasteiger charge is 2.36. The molecule has 1 heterocycles. The number of carboxylic acids is 1. The number of carbonyl (C=O) groups excluding carboxylic acids is 1. The van der Waals surface area contributed by atoms with Crippen molar-refractivity contribution in [1.82, 2.24) is 10.2 Å². The van der Waals surface area contributed by atoms with Crippen LogP contribution in [0, 0.1) is 17.8 Å². The van der Waals surface area contributed by atoms with Gasteiger partial charge in [0.25, 0.3) is 0 Å². The van der Waals surface area contributed by atoms with E-state index in [1.54, 1.807) is 0 Å². The molecular formula is C15H24N2O3. The Labute approximate surface area is 119 Å². The summed E-state index contributed by atoms with van der Waals surface area (Å²) < 4.78 is 0. The van der Waals surface area contributed by atoms with Crippen molar-refractivity contribution in [2.45, 2.75) is 44.6 Å². The summed E-state index contributed by atoms with van der Waals surface area (Å²) in [6.07, 6.45) is 5.75. The van der Waals surface area contributed by atoms with Gasteiger partial charge in [0.1, 0.15) is 0 Å². The van der Waals surface area contributed by atoms with Crippen LogP contribution in [-0.4, -0.2) is 47.6 Å². The molecule has 1 unspecified atom stereocenters. The minimum Gasteiger partial charge on any atom is -0.481 e. The molecule has 3 atom stereocenters. The normalized spacial score (nSPS) is 34.3. The number of carboxylic acid groups (broad SMARTS) is 1. The lowest BCUT2D eigenvalue weighted by Crippen LogP contribution is -2.35. The van der Waals surface area contributed by atoms with Crippen molar-refractivity contribution < 1.29 is 14.7 Å². The molecule has 0 bridgehead atoms. The summed E-state index contributed by atoms with van der Waals surface area (Å²) in [5, 5.41) is 12.0. The van der Waals surface area contributed by atoms with Crippen molar-refractivity contribution in [1.29, 1.82) is 0 Å². The van der Waals surface area contributed by atoms with Crippen LogP contribution in [0.4, 0.5) is 0 Å². The fourth-order valence-electron chi connectivity index (χ4n) is 3.63. The third-order valence-corrected chi connectivity index (χ3v) is 5.10. The van der Waals surface area contributed by atoms with Crippen LogP contribution in [0.15, 0.2) is 0 Å². The fourth-order valence-corrected chi connectivity index (χ4v) is 3.63. The SMILES string of the molecule is O=C(O)[C@H]1CC[C@@H](C(=O)NCC2CCN(C3CC3)C2)C1. The Morgan fingerprint density at radius 3 is 2.50 bits per heavy atom. The lowest BCUT2D eigenvalue weighted by molar-refractivity contribution is -0.141. The van der Waals surface area contributed by atoms with Crippen LogP contribution >= 0.6 is 0 Å². The number of likely N-dealkylation sites (tertiary alicyclic amines) is 1. The maximum Gasteiger partial charge on any atom is 0.306 e. The Morgan fingerprint density at radius 2 is 1.85 bits per heavy atom. The van der Waals surface area contributed by atoms with E-state index in [0.717, 1.165) is 25.6 Å². The molecule has 3 aliphatic rings. The van der Waals surface area contributed by atoms with E-state index in [1.165, 1.54) is 25.8 Å². The average molecular weight is 280 g/mol. The zero-order chi connectivity index (χ0) is 14.1. The van der Waals surface area contributed by atoms with Gasteiger partial charge in [-0.25, -0.2) is 0 Å². The fraction of sp³-hybridized carbons (Fsp3) is 0.867. The molecule has 1 aliphatic heterocycles. The van der Waals surface area contributed by atoms with Gasteiger partial charge < -0.3 is 15.3 Å². The molecule has 1 saturated heterocycles. The van der Waals surface area contributed by atoms with E-state index in [9.17, 15) is 9.59 Å². The first kappa shape index (κ1) is 13.9. The molecule has 5 heteroatoms. The van der Waals surface area contributed by atoms with Gasteiger partial charge in [-0.3, -0.25) is 9.59 Å². The summed E-state index contributed by atoms with van der Waals surface area (Å²) in [4.78, 5) is 25.5. The van der Waals surface area contributed by atoms with Crippen molar-refractivity contribution in [2.24, 2.45) is 17.8 Å². The largest absolute Gasteiger partial charge is 0.481 e. The third-order valence-electron chi connectivity index (χ3n) is 5.10. The maximum atomic E-state index is 12.1. The van der Waals surface area contributed by atoms with Gasteiger partial charge >= 0.3 is 5.97 Å². The smallest absolute Gasteiger partial charge is 0.306 e. The molecule has 2 N–H and O–H groups in total. The molecule has 2 aliphatic carbocycles. The number of nitrogens with zero attached hydrogens (tertiary/aromatic N) is 1. The lowest BCUT2D eigenvalue weighted by atomic mass is 10.0. The zero-order valence-electron chi connectivity index (χ0n) is 11.9. The predicted molar refractivity (Wildman–Crippen MR) is 74.2 cm³/mol. The van der Waals surface area contributed by atoms with Gasteiger partial charge in [0.15, 0.2) is 0 Å². The van der Waals surface area contributed by atoms with Crippen LogP contribution in [0.25, 0.3) is 0 Å². The van der Waals surface area contributed by atoms with Crippen molar-refractivity contribution in [3.63, 3.8) is 0 Å². The van der Waals surface area contributed by atoms with E-state index in [-0.39, 0.29) is 17.7 Å². The minimum absolute atomic E-state index is 0.0682. The maximum absolute atomic E-state index is 12.1. The van der Waals surface area contributed by atoms with Crippen molar-refractivity contribution in [3.8, 4) is 0 Å². The second kappa shape index (κ2) is 5.72. The highest BCUT2D eigenvalue weighted by Crippen LogP contribution is 2.32. The van der Waals surface area contributed by atoms with Gasteiger partial charge in [0, 0.05) is 25.0 Å². The molecule has 0 radical (unpaired) electrons. The number of aliphatic carboxylic acids is 1. The van der Waals surface area contributed by atoms with Gasteiger partial charge in [-0.15, -0.1) is 0 Å². The Balaban J connectivity index is 1.38. The first-order valence-electron chi connectivity index (χ1n) is 7.88. The van der Waals surface area contributed by atoms with Crippen LogP contribution in [-0.2, 0) is 9.59 Å². The Bertz CT molecular complexity index is 395. The number of carbonyl (C=O) groups is 2. The van der Waals surface area contributed by atoms with Gasteiger partial charge in [0.05, 0.1) is 5.92 Å². The molecule has 0 spiro atoms. The lowest BCUT2D eigenvalue weighted by Gasteiger charge is -2.16. The monoisotopic (exact) mass is 280 g/mol. The molecule has 5 nitrogen and oxygen atoms in total. The summed E-state index contributed by atoms with van der Waals surface area (Å²) in [5.41, 5.74) is 0. The number of hydrogen-bond acceptors (Lipinski definition) is 3. The second-order valence-electron chi connectivity index (χ2n) is 6.67. The van der Waals surface area contributed by atoms with Gasteiger partial charge in [-0.05, 0) is 51.0 Å². The summed E-state index contributed by atoms with van der Waals surface area (Å²) >= 11 is 0. The van der Waals surface area contributed by atoms with Crippen LogP contribution in [0.2, 0.25) is 0 Å². The van der Waals surface area contributed by atoms with Crippen LogP contribution in [0.5, 0.6) is 0 Å². The molecule has 3 rings (SSSR count). The van der Waals surface area contributed by atoms with Gasteiger partial charge in [0.2, 0.25) is 5.91 Å². The topological polar surface area (TPSA) is 69.6 Å². The molecular weight excluding hydrogens is 256 g/mol. The first-order valence-corrected chi connectivity index (χ1v) is 7.88. The first-order chi connectivity index (χ1) is 9.63. The molecule has 1 amide bonds. The molecule has 0 aromatic heterocycles. The van der Waals surface area contributed by atoms with E-state index in [1.807, 2.05) is 0 Å². The summed E-state index contributed by atoms with van der Waals surface area (Å²) in [6.45, 7) is 3.05. The van der Waals surface area contributed by atoms with Gasteiger partial charge in [-0.2, -0.15) is 0 Å². The van der Waals surface area contributed by atoms with E-state index in [4.69, 9.17) is 5.11 Å².